The average molecular weight is 354 g/mol. The molecule has 0 bridgehead atoms. The molecular weight excluding hydrogens is 340 g/mol. The van der Waals surface area contributed by atoms with Gasteiger partial charge in [0.25, 0.3) is 0 Å². The van der Waals surface area contributed by atoms with Crippen molar-refractivity contribution in [3.05, 3.63) is 40.0 Å². The lowest BCUT2D eigenvalue weighted by atomic mass is 10.0. The molecule has 110 valence electrons. The Morgan fingerprint density at radius 1 is 1.14 bits per heavy atom. The van der Waals surface area contributed by atoms with Gasteiger partial charge in [0.15, 0.2) is 17.5 Å². The fourth-order valence-corrected chi connectivity index (χ4v) is 3.23. The van der Waals surface area contributed by atoms with E-state index in [9.17, 15) is 8.78 Å². The maximum atomic E-state index is 13.7. The van der Waals surface area contributed by atoms with Crippen molar-refractivity contribution in [3.63, 3.8) is 0 Å². The summed E-state index contributed by atoms with van der Waals surface area (Å²) in [7, 11) is 0. The lowest BCUT2D eigenvalue weighted by Crippen LogP contribution is -2.04. The Hall–Kier alpha value is -1.56. The first kappa shape index (κ1) is 14.4. The zero-order chi connectivity index (χ0) is 15.0. The van der Waals surface area contributed by atoms with E-state index in [1.807, 2.05) is 0 Å². The first-order chi connectivity index (χ1) is 10.1. The minimum atomic E-state index is -0.944. The normalized spacial score (nSPS) is 15.6. The molecule has 1 saturated carbocycles. The average Bonchev–Trinajstić information content (AvgIpc) is 2.98. The zero-order valence-electron chi connectivity index (χ0n) is 11.2. The summed E-state index contributed by atoms with van der Waals surface area (Å²) in [6, 6.07) is 4.29. The number of nitrogen functional groups attached to an aromatic ring is 1. The van der Waals surface area contributed by atoms with Crippen LogP contribution in [0.1, 0.15) is 37.3 Å². The second kappa shape index (κ2) is 5.67. The molecule has 2 aromatic rings. The number of rotatable bonds is 2. The highest BCUT2D eigenvalue weighted by Crippen LogP contribution is 2.35. The van der Waals surface area contributed by atoms with E-state index in [0.29, 0.717) is 23.1 Å². The van der Waals surface area contributed by atoms with Crippen LogP contribution in [0.4, 0.5) is 14.6 Å². The monoisotopic (exact) mass is 353 g/mol. The Morgan fingerprint density at radius 3 is 2.57 bits per heavy atom. The predicted octanol–water partition coefficient (Wildman–Crippen LogP) is 4.42. The van der Waals surface area contributed by atoms with E-state index in [-0.39, 0.29) is 4.47 Å². The third-order valence-corrected chi connectivity index (χ3v) is 4.59. The number of aromatic nitrogens is 2. The van der Waals surface area contributed by atoms with E-state index in [4.69, 9.17) is 5.73 Å². The Labute approximate surface area is 129 Å². The lowest BCUT2D eigenvalue weighted by Gasteiger charge is -2.12. The first-order valence-electron chi connectivity index (χ1n) is 6.84. The summed E-state index contributed by atoms with van der Waals surface area (Å²) in [5.74, 6) is -0.814. The number of halogens is 3. The van der Waals surface area contributed by atoms with E-state index in [1.54, 1.807) is 6.07 Å². The summed E-state index contributed by atoms with van der Waals surface area (Å²) in [6.07, 6.45) is 4.52. The molecule has 1 fully saturated rings. The van der Waals surface area contributed by atoms with Crippen molar-refractivity contribution >= 4 is 21.7 Å². The van der Waals surface area contributed by atoms with Crippen LogP contribution < -0.4 is 5.73 Å². The summed E-state index contributed by atoms with van der Waals surface area (Å²) in [5, 5.41) is 0. The molecule has 0 aliphatic heterocycles. The number of hydrogen-bond acceptors (Lipinski definition) is 3. The van der Waals surface area contributed by atoms with E-state index in [2.05, 4.69) is 25.9 Å². The van der Waals surface area contributed by atoms with Gasteiger partial charge in [-0.1, -0.05) is 12.8 Å². The highest BCUT2D eigenvalue weighted by atomic mass is 79.9. The summed E-state index contributed by atoms with van der Waals surface area (Å²) in [6.45, 7) is 0. The van der Waals surface area contributed by atoms with Crippen molar-refractivity contribution in [2.75, 3.05) is 5.73 Å². The number of hydrogen-bond donors (Lipinski definition) is 1. The van der Waals surface area contributed by atoms with Crippen molar-refractivity contribution in [2.24, 2.45) is 0 Å². The Kier molecular flexibility index (Phi) is 3.89. The standard InChI is InChI=1S/C15H14BrF2N3/c16-13-9(5-6-10(17)14(13)18)15-20-11(7-12(19)21-15)8-3-1-2-4-8/h5-8H,1-4H2,(H2,19,20,21). The van der Waals surface area contributed by atoms with Gasteiger partial charge >= 0.3 is 0 Å². The largest absolute Gasteiger partial charge is 0.384 e. The minimum Gasteiger partial charge on any atom is -0.384 e. The summed E-state index contributed by atoms with van der Waals surface area (Å²) in [4.78, 5) is 8.66. The topological polar surface area (TPSA) is 51.8 Å². The number of benzene rings is 1. The second-order valence-electron chi connectivity index (χ2n) is 5.25. The molecule has 0 radical (unpaired) electrons. The molecule has 0 saturated heterocycles. The van der Waals surface area contributed by atoms with Gasteiger partial charge in [0, 0.05) is 23.2 Å². The van der Waals surface area contributed by atoms with Crippen LogP contribution in [0.3, 0.4) is 0 Å². The first-order valence-corrected chi connectivity index (χ1v) is 7.64. The molecule has 3 nitrogen and oxygen atoms in total. The fraction of sp³-hybridized carbons (Fsp3) is 0.333. The van der Waals surface area contributed by atoms with Gasteiger partial charge in [0.05, 0.1) is 4.47 Å². The van der Waals surface area contributed by atoms with Crippen LogP contribution in [0.5, 0.6) is 0 Å². The van der Waals surface area contributed by atoms with Crippen LogP contribution in [0.25, 0.3) is 11.4 Å². The highest BCUT2D eigenvalue weighted by molar-refractivity contribution is 9.10. The third-order valence-electron chi connectivity index (χ3n) is 3.82. The molecule has 6 heteroatoms. The third kappa shape index (κ3) is 2.77. The molecular formula is C15H14BrF2N3. The molecule has 2 N–H and O–H groups in total. The maximum absolute atomic E-state index is 13.7. The molecule has 0 amide bonds. The van der Waals surface area contributed by atoms with E-state index in [0.717, 1.165) is 24.6 Å². The molecule has 21 heavy (non-hydrogen) atoms. The van der Waals surface area contributed by atoms with Gasteiger partial charge in [0.1, 0.15) is 5.82 Å². The van der Waals surface area contributed by atoms with E-state index in [1.165, 1.54) is 18.9 Å². The van der Waals surface area contributed by atoms with Crippen molar-refractivity contribution in [3.8, 4) is 11.4 Å². The molecule has 0 unspecified atom stereocenters. The second-order valence-corrected chi connectivity index (χ2v) is 6.04. The molecule has 1 aromatic carbocycles. The van der Waals surface area contributed by atoms with E-state index >= 15 is 0 Å². The highest BCUT2D eigenvalue weighted by Gasteiger charge is 2.21. The summed E-state index contributed by atoms with van der Waals surface area (Å²) < 4.78 is 26.9. The molecule has 1 aliphatic carbocycles. The van der Waals surface area contributed by atoms with Crippen LogP contribution in [-0.2, 0) is 0 Å². The molecule has 1 heterocycles. The number of nitrogens with two attached hydrogens (primary N) is 1. The zero-order valence-corrected chi connectivity index (χ0v) is 12.8. The van der Waals surface area contributed by atoms with Crippen molar-refractivity contribution < 1.29 is 8.78 Å². The van der Waals surface area contributed by atoms with Crippen molar-refractivity contribution in [1.82, 2.24) is 9.97 Å². The number of anilines is 1. The minimum absolute atomic E-state index is 0.0190. The van der Waals surface area contributed by atoms with Crippen LogP contribution in [0.15, 0.2) is 22.7 Å². The SMILES string of the molecule is Nc1cc(C2CCCC2)nc(-c2ccc(F)c(F)c2Br)n1. The van der Waals surface area contributed by atoms with Gasteiger partial charge in [-0.3, -0.25) is 0 Å². The predicted molar refractivity (Wildman–Crippen MR) is 80.7 cm³/mol. The maximum Gasteiger partial charge on any atom is 0.173 e. The van der Waals surface area contributed by atoms with Crippen LogP contribution in [0, 0.1) is 11.6 Å². The van der Waals surface area contributed by atoms with Gasteiger partial charge < -0.3 is 5.73 Å². The van der Waals surface area contributed by atoms with Crippen LogP contribution in [-0.4, -0.2) is 9.97 Å². The summed E-state index contributed by atoms with van der Waals surface area (Å²) in [5.41, 5.74) is 7.13. The Morgan fingerprint density at radius 2 is 1.86 bits per heavy atom. The fourth-order valence-electron chi connectivity index (χ4n) is 2.74. The van der Waals surface area contributed by atoms with Crippen molar-refractivity contribution in [1.29, 1.82) is 0 Å². The van der Waals surface area contributed by atoms with Gasteiger partial charge in [0.2, 0.25) is 0 Å². The number of nitrogens with zero attached hydrogens (tertiary/aromatic N) is 2. The van der Waals surface area contributed by atoms with Gasteiger partial charge in [-0.25, -0.2) is 18.7 Å². The quantitative estimate of drug-likeness (QED) is 0.812. The lowest BCUT2D eigenvalue weighted by molar-refractivity contribution is 0.504. The molecule has 1 aliphatic rings. The Bertz CT molecular complexity index is 685. The molecule has 1 aromatic heterocycles. The van der Waals surface area contributed by atoms with Crippen LogP contribution in [0.2, 0.25) is 0 Å². The van der Waals surface area contributed by atoms with Crippen molar-refractivity contribution in [2.45, 2.75) is 31.6 Å². The summed E-state index contributed by atoms with van der Waals surface area (Å²) >= 11 is 3.06. The molecule has 0 atom stereocenters. The smallest absolute Gasteiger partial charge is 0.173 e. The van der Waals surface area contributed by atoms with Gasteiger partial charge in [-0.2, -0.15) is 0 Å². The van der Waals surface area contributed by atoms with E-state index < -0.39 is 11.6 Å². The van der Waals surface area contributed by atoms with Gasteiger partial charge in [-0.15, -0.1) is 0 Å². The molecule has 0 spiro atoms. The molecule has 3 rings (SSSR count). The Balaban J connectivity index is 2.08. The van der Waals surface area contributed by atoms with Crippen LogP contribution >= 0.6 is 15.9 Å². The van der Waals surface area contributed by atoms with Gasteiger partial charge in [-0.05, 0) is 40.9 Å².